The van der Waals surface area contributed by atoms with Crippen molar-refractivity contribution in [3.63, 3.8) is 0 Å². The fourth-order valence-electron chi connectivity index (χ4n) is 3.57. The molecule has 178 valence electrons. The number of hydrogen-bond donors (Lipinski definition) is 2. The molecule has 0 spiro atoms. The summed E-state index contributed by atoms with van der Waals surface area (Å²) in [6.45, 7) is 0. The molecule has 0 atom stereocenters. The molecule has 0 unspecified atom stereocenters. The Hall–Kier alpha value is -4.47. The topological polar surface area (TPSA) is 95.6 Å². The number of rotatable bonds is 5. The zero-order valence-electron chi connectivity index (χ0n) is 18.1. The maximum atomic E-state index is 12.9. The van der Waals surface area contributed by atoms with Gasteiger partial charge >= 0.3 is 6.18 Å². The van der Waals surface area contributed by atoms with Gasteiger partial charge in [-0.2, -0.15) is 13.2 Å². The van der Waals surface area contributed by atoms with E-state index in [0.717, 1.165) is 17.0 Å². The quantitative estimate of drug-likeness (QED) is 0.509. The van der Waals surface area contributed by atoms with Crippen LogP contribution in [0.1, 0.15) is 39.1 Å². The summed E-state index contributed by atoms with van der Waals surface area (Å²) in [5.74, 6) is -1.88. The standard InChI is InChI=1S/C25H18F3N3O4/c26-25(27,28)17-6-3-8-19(14-17)30-23(34)15-4-1-7-18(12-15)29-24(35)16-5-2-9-20(13-16)31-21(32)10-11-22(31)33/h1-9,12-14H,10-11H2,(H,29,35)(H,30,34). The summed E-state index contributed by atoms with van der Waals surface area (Å²) < 4.78 is 38.7. The average Bonchev–Trinajstić information content (AvgIpc) is 3.16. The van der Waals surface area contributed by atoms with Gasteiger partial charge < -0.3 is 10.6 Å². The van der Waals surface area contributed by atoms with Gasteiger partial charge in [0.05, 0.1) is 11.3 Å². The van der Waals surface area contributed by atoms with E-state index in [1.54, 1.807) is 12.1 Å². The minimum atomic E-state index is -4.54. The Kier molecular flexibility index (Phi) is 6.37. The van der Waals surface area contributed by atoms with Gasteiger partial charge in [-0.3, -0.25) is 24.1 Å². The number of nitrogens with zero attached hydrogens (tertiary/aromatic N) is 1. The van der Waals surface area contributed by atoms with Crippen LogP contribution in [0.2, 0.25) is 0 Å². The maximum Gasteiger partial charge on any atom is 0.416 e. The van der Waals surface area contributed by atoms with Crippen LogP contribution in [0.3, 0.4) is 0 Å². The summed E-state index contributed by atoms with van der Waals surface area (Å²) in [6.07, 6.45) is -4.31. The predicted molar refractivity (Wildman–Crippen MR) is 122 cm³/mol. The summed E-state index contributed by atoms with van der Waals surface area (Å²) in [4.78, 5) is 50.3. The Morgan fingerprint density at radius 3 is 1.83 bits per heavy atom. The lowest BCUT2D eigenvalue weighted by Crippen LogP contribution is -2.28. The summed E-state index contributed by atoms with van der Waals surface area (Å²) in [5, 5.41) is 5.04. The van der Waals surface area contributed by atoms with Gasteiger partial charge in [-0.05, 0) is 54.6 Å². The molecule has 7 nitrogen and oxygen atoms in total. The summed E-state index contributed by atoms with van der Waals surface area (Å²) in [5.41, 5.74) is -0.0567. The van der Waals surface area contributed by atoms with Crippen LogP contribution in [0.5, 0.6) is 0 Å². The largest absolute Gasteiger partial charge is 0.416 e. The third kappa shape index (κ3) is 5.37. The van der Waals surface area contributed by atoms with E-state index < -0.39 is 23.6 Å². The summed E-state index contributed by atoms with van der Waals surface area (Å²) in [6, 6.07) is 16.1. The molecule has 0 aromatic heterocycles. The second kappa shape index (κ2) is 9.41. The van der Waals surface area contributed by atoms with Gasteiger partial charge in [0, 0.05) is 35.3 Å². The molecule has 2 N–H and O–H groups in total. The van der Waals surface area contributed by atoms with Crippen molar-refractivity contribution in [3.8, 4) is 0 Å². The first-order chi connectivity index (χ1) is 16.6. The lowest BCUT2D eigenvalue weighted by molar-refractivity contribution is -0.137. The van der Waals surface area contributed by atoms with Crippen molar-refractivity contribution in [3.05, 3.63) is 89.5 Å². The zero-order chi connectivity index (χ0) is 25.2. The van der Waals surface area contributed by atoms with E-state index in [2.05, 4.69) is 10.6 Å². The first kappa shape index (κ1) is 23.7. The van der Waals surface area contributed by atoms with Crippen molar-refractivity contribution >= 4 is 40.7 Å². The van der Waals surface area contributed by atoms with Gasteiger partial charge in [0.15, 0.2) is 0 Å². The second-order valence-electron chi connectivity index (χ2n) is 7.74. The molecule has 1 heterocycles. The van der Waals surface area contributed by atoms with E-state index in [-0.39, 0.29) is 47.2 Å². The molecule has 10 heteroatoms. The molecule has 3 aromatic carbocycles. The lowest BCUT2D eigenvalue weighted by Gasteiger charge is -2.15. The second-order valence-corrected chi connectivity index (χ2v) is 7.74. The van der Waals surface area contributed by atoms with Crippen molar-refractivity contribution in [1.82, 2.24) is 0 Å². The number of carbonyl (C=O) groups is 4. The van der Waals surface area contributed by atoms with E-state index in [0.29, 0.717) is 5.69 Å². The molecule has 0 radical (unpaired) electrons. The van der Waals surface area contributed by atoms with Gasteiger partial charge in [-0.25, -0.2) is 0 Å². The Morgan fingerprint density at radius 1 is 0.714 bits per heavy atom. The number of amides is 4. The summed E-state index contributed by atoms with van der Waals surface area (Å²) in [7, 11) is 0. The number of alkyl halides is 3. The first-order valence-corrected chi connectivity index (χ1v) is 10.5. The van der Waals surface area contributed by atoms with Crippen LogP contribution in [0.4, 0.5) is 30.2 Å². The minimum Gasteiger partial charge on any atom is -0.322 e. The normalized spacial score (nSPS) is 13.6. The van der Waals surface area contributed by atoms with E-state index in [1.165, 1.54) is 48.5 Å². The molecule has 4 rings (SSSR count). The number of anilines is 3. The van der Waals surface area contributed by atoms with Crippen LogP contribution in [0.25, 0.3) is 0 Å². The van der Waals surface area contributed by atoms with Crippen LogP contribution in [-0.4, -0.2) is 23.6 Å². The zero-order valence-corrected chi connectivity index (χ0v) is 18.1. The maximum absolute atomic E-state index is 12.9. The fourth-order valence-corrected chi connectivity index (χ4v) is 3.57. The number of carbonyl (C=O) groups excluding carboxylic acids is 4. The van der Waals surface area contributed by atoms with Gasteiger partial charge in [0.2, 0.25) is 11.8 Å². The molecule has 1 fully saturated rings. The molecule has 3 aromatic rings. The minimum absolute atomic E-state index is 0.0258. The molecular weight excluding hydrogens is 463 g/mol. The van der Waals surface area contributed by atoms with E-state index in [4.69, 9.17) is 0 Å². The molecule has 0 aliphatic carbocycles. The van der Waals surface area contributed by atoms with Crippen LogP contribution < -0.4 is 15.5 Å². The Labute approximate surface area is 197 Å². The van der Waals surface area contributed by atoms with Crippen molar-refractivity contribution in [2.45, 2.75) is 19.0 Å². The van der Waals surface area contributed by atoms with Crippen LogP contribution in [0.15, 0.2) is 72.8 Å². The molecule has 1 aliphatic heterocycles. The Bertz CT molecular complexity index is 1320. The lowest BCUT2D eigenvalue weighted by atomic mass is 10.1. The molecule has 1 saturated heterocycles. The number of benzene rings is 3. The molecule has 35 heavy (non-hydrogen) atoms. The third-order valence-corrected chi connectivity index (χ3v) is 5.25. The molecule has 1 aliphatic rings. The highest BCUT2D eigenvalue weighted by Gasteiger charge is 2.31. The van der Waals surface area contributed by atoms with Gasteiger partial charge in [0.1, 0.15) is 0 Å². The molecule has 0 bridgehead atoms. The number of halogens is 3. The highest BCUT2D eigenvalue weighted by molar-refractivity contribution is 6.20. The highest BCUT2D eigenvalue weighted by atomic mass is 19.4. The third-order valence-electron chi connectivity index (χ3n) is 5.25. The predicted octanol–water partition coefficient (Wildman–Crippen LogP) is 4.86. The average molecular weight is 481 g/mol. The smallest absolute Gasteiger partial charge is 0.322 e. The fraction of sp³-hybridized carbons (Fsp3) is 0.120. The number of hydrogen-bond acceptors (Lipinski definition) is 4. The molecule has 0 saturated carbocycles. The molecule has 4 amide bonds. The Balaban J connectivity index is 1.47. The van der Waals surface area contributed by atoms with E-state index in [9.17, 15) is 32.3 Å². The van der Waals surface area contributed by atoms with Crippen molar-refractivity contribution in [2.75, 3.05) is 15.5 Å². The highest BCUT2D eigenvalue weighted by Crippen LogP contribution is 2.31. The van der Waals surface area contributed by atoms with Crippen LogP contribution in [-0.2, 0) is 15.8 Å². The Morgan fingerprint density at radius 2 is 1.23 bits per heavy atom. The van der Waals surface area contributed by atoms with Gasteiger partial charge in [-0.1, -0.05) is 18.2 Å². The van der Waals surface area contributed by atoms with Gasteiger partial charge in [-0.15, -0.1) is 0 Å². The van der Waals surface area contributed by atoms with Crippen molar-refractivity contribution in [1.29, 1.82) is 0 Å². The summed E-state index contributed by atoms with van der Waals surface area (Å²) >= 11 is 0. The van der Waals surface area contributed by atoms with Crippen molar-refractivity contribution in [2.24, 2.45) is 0 Å². The monoisotopic (exact) mass is 481 g/mol. The van der Waals surface area contributed by atoms with Crippen molar-refractivity contribution < 1.29 is 32.3 Å². The van der Waals surface area contributed by atoms with Crippen LogP contribution in [0, 0.1) is 0 Å². The number of nitrogens with one attached hydrogen (secondary N) is 2. The van der Waals surface area contributed by atoms with E-state index >= 15 is 0 Å². The van der Waals surface area contributed by atoms with Crippen LogP contribution >= 0.6 is 0 Å². The van der Waals surface area contributed by atoms with Gasteiger partial charge in [0.25, 0.3) is 11.8 Å². The SMILES string of the molecule is O=C(Nc1cccc(C(F)(F)F)c1)c1cccc(NC(=O)c2cccc(N3C(=O)CCC3=O)c2)c1. The van der Waals surface area contributed by atoms with E-state index in [1.807, 2.05) is 0 Å². The number of imide groups is 1. The molecular formula is C25H18F3N3O4. The first-order valence-electron chi connectivity index (χ1n) is 10.5.